The number of amides is 1. The first kappa shape index (κ1) is 13.6. The van der Waals surface area contributed by atoms with Crippen molar-refractivity contribution in [3.63, 3.8) is 0 Å². The number of aromatic nitrogens is 2. The third-order valence-corrected chi connectivity index (χ3v) is 4.47. The van der Waals surface area contributed by atoms with Crippen LogP contribution in [0, 0.1) is 6.92 Å². The van der Waals surface area contributed by atoms with Gasteiger partial charge in [0.1, 0.15) is 10.6 Å². The van der Waals surface area contributed by atoms with Crippen molar-refractivity contribution in [2.75, 3.05) is 25.0 Å². The van der Waals surface area contributed by atoms with Gasteiger partial charge in [0.05, 0.1) is 11.9 Å². The van der Waals surface area contributed by atoms with E-state index in [1.165, 1.54) is 0 Å². The van der Waals surface area contributed by atoms with E-state index < -0.39 is 0 Å². The van der Waals surface area contributed by atoms with Crippen molar-refractivity contribution < 1.29 is 4.79 Å². The maximum atomic E-state index is 12.0. The molecule has 0 unspecified atom stereocenters. The smallest absolute Gasteiger partial charge is 0.241 e. The summed E-state index contributed by atoms with van der Waals surface area (Å²) in [5.41, 5.74) is 0. The Morgan fingerprint density at radius 3 is 2.95 bits per heavy atom. The molecule has 1 N–H and O–H groups in total. The van der Waals surface area contributed by atoms with Crippen LogP contribution < -0.4 is 5.32 Å². The Balaban J connectivity index is 1.78. The monoisotopic (exact) mass is 310 g/mol. The number of nitrogens with one attached hydrogen (secondary N) is 1. The van der Waals surface area contributed by atoms with E-state index in [4.69, 9.17) is 11.6 Å². The molecule has 106 valence electrons. The van der Waals surface area contributed by atoms with Crippen LogP contribution in [0.2, 0.25) is 5.28 Å². The molecular formula is C13H15ClN4OS. The summed E-state index contributed by atoms with van der Waals surface area (Å²) in [4.78, 5) is 24.3. The highest BCUT2D eigenvalue weighted by molar-refractivity contribution is 7.18. The van der Waals surface area contributed by atoms with Crippen LogP contribution in [-0.4, -0.2) is 40.4 Å². The summed E-state index contributed by atoms with van der Waals surface area (Å²) < 4.78 is 0. The van der Waals surface area contributed by atoms with Gasteiger partial charge in [-0.2, -0.15) is 0 Å². The van der Waals surface area contributed by atoms with Crippen LogP contribution in [0.15, 0.2) is 6.07 Å². The van der Waals surface area contributed by atoms with Gasteiger partial charge in [0, 0.05) is 18.0 Å². The summed E-state index contributed by atoms with van der Waals surface area (Å²) in [6.07, 6.45) is 2.19. The lowest BCUT2D eigenvalue weighted by Gasteiger charge is -2.15. The quantitative estimate of drug-likeness (QED) is 0.886. The second-order valence-electron chi connectivity index (χ2n) is 4.86. The number of rotatable bonds is 3. The lowest BCUT2D eigenvalue weighted by molar-refractivity contribution is -0.128. The van der Waals surface area contributed by atoms with Crippen molar-refractivity contribution >= 4 is 44.9 Å². The molecule has 1 aliphatic rings. The Hall–Kier alpha value is -1.40. The van der Waals surface area contributed by atoms with Gasteiger partial charge in [-0.15, -0.1) is 11.3 Å². The Kier molecular flexibility index (Phi) is 3.76. The zero-order valence-corrected chi connectivity index (χ0v) is 12.7. The molecule has 3 rings (SSSR count). The molecule has 2 aromatic heterocycles. The fraction of sp³-hybridized carbons (Fsp3) is 0.462. The van der Waals surface area contributed by atoms with E-state index in [1.54, 1.807) is 11.3 Å². The van der Waals surface area contributed by atoms with Gasteiger partial charge in [0.2, 0.25) is 11.2 Å². The molecular weight excluding hydrogens is 296 g/mol. The molecule has 5 nitrogen and oxygen atoms in total. The first-order chi connectivity index (χ1) is 9.63. The van der Waals surface area contributed by atoms with Crippen molar-refractivity contribution in [2.24, 2.45) is 0 Å². The third-order valence-electron chi connectivity index (χ3n) is 3.35. The molecule has 1 amide bonds. The minimum atomic E-state index is 0.109. The molecule has 2 aromatic rings. The average molecular weight is 311 g/mol. The number of carbonyl (C=O) groups excluding carboxylic acids is 1. The van der Waals surface area contributed by atoms with Crippen LogP contribution in [0.5, 0.6) is 0 Å². The number of halogens is 1. The van der Waals surface area contributed by atoms with Crippen molar-refractivity contribution in [1.29, 1.82) is 0 Å². The molecule has 0 aromatic carbocycles. The Labute approximate surface area is 126 Å². The molecule has 20 heavy (non-hydrogen) atoms. The molecule has 0 aliphatic carbocycles. The Morgan fingerprint density at radius 2 is 2.20 bits per heavy atom. The number of anilines is 1. The zero-order valence-electron chi connectivity index (χ0n) is 11.1. The molecule has 7 heteroatoms. The molecule has 3 heterocycles. The first-order valence-electron chi connectivity index (χ1n) is 6.59. The Bertz CT molecular complexity index is 651. The highest BCUT2D eigenvalue weighted by Crippen LogP contribution is 2.29. The van der Waals surface area contributed by atoms with Crippen LogP contribution in [0.4, 0.5) is 5.82 Å². The van der Waals surface area contributed by atoms with E-state index in [9.17, 15) is 4.79 Å². The minimum Gasteiger partial charge on any atom is -0.360 e. The van der Waals surface area contributed by atoms with E-state index in [2.05, 4.69) is 15.3 Å². The summed E-state index contributed by atoms with van der Waals surface area (Å²) in [6, 6.07) is 2.01. The van der Waals surface area contributed by atoms with Gasteiger partial charge >= 0.3 is 0 Å². The largest absolute Gasteiger partial charge is 0.360 e. The van der Waals surface area contributed by atoms with Crippen LogP contribution in [-0.2, 0) is 4.79 Å². The summed E-state index contributed by atoms with van der Waals surface area (Å²) in [6.45, 7) is 3.98. The van der Waals surface area contributed by atoms with E-state index in [0.717, 1.165) is 41.0 Å². The van der Waals surface area contributed by atoms with Gasteiger partial charge in [-0.3, -0.25) is 4.79 Å². The topological polar surface area (TPSA) is 58.1 Å². The zero-order chi connectivity index (χ0) is 14.1. The number of carbonyl (C=O) groups is 1. The van der Waals surface area contributed by atoms with E-state index >= 15 is 0 Å². The van der Waals surface area contributed by atoms with E-state index in [1.807, 2.05) is 17.9 Å². The molecule has 0 atom stereocenters. The van der Waals surface area contributed by atoms with Crippen LogP contribution in [0.3, 0.4) is 0 Å². The van der Waals surface area contributed by atoms with Gasteiger partial charge in [-0.1, -0.05) is 0 Å². The van der Waals surface area contributed by atoms with Gasteiger partial charge in [-0.05, 0) is 37.4 Å². The standard InChI is InChI=1S/C13H15ClN4OS/c1-8-6-9-11(16-13(14)17-12(9)20-8)15-7-10(19)18-4-2-3-5-18/h6H,2-5,7H2,1H3,(H,15,16,17). The predicted molar refractivity (Wildman–Crippen MR) is 81.5 cm³/mol. The van der Waals surface area contributed by atoms with Crippen LogP contribution in [0.25, 0.3) is 10.2 Å². The van der Waals surface area contributed by atoms with E-state index in [0.29, 0.717) is 5.82 Å². The van der Waals surface area contributed by atoms with Gasteiger partial charge in [0.15, 0.2) is 0 Å². The Morgan fingerprint density at radius 1 is 1.45 bits per heavy atom. The molecule has 0 bridgehead atoms. The third kappa shape index (κ3) is 2.71. The molecule has 1 fully saturated rings. The number of thiophene rings is 1. The minimum absolute atomic E-state index is 0.109. The molecule has 1 saturated heterocycles. The number of hydrogen-bond donors (Lipinski definition) is 1. The summed E-state index contributed by atoms with van der Waals surface area (Å²) in [5.74, 6) is 0.745. The number of nitrogens with zero attached hydrogens (tertiary/aromatic N) is 3. The lowest BCUT2D eigenvalue weighted by Crippen LogP contribution is -2.33. The number of hydrogen-bond acceptors (Lipinski definition) is 5. The SMILES string of the molecule is Cc1cc2c(NCC(=O)N3CCCC3)nc(Cl)nc2s1. The summed E-state index contributed by atoms with van der Waals surface area (Å²) >= 11 is 7.49. The van der Waals surface area contributed by atoms with E-state index in [-0.39, 0.29) is 17.7 Å². The molecule has 0 spiro atoms. The normalized spacial score (nSPS) is 15.0. The van der Waals surface area contributed by atoms with Gasteiger partial charge in [0.25, 0.3) is 0 Å². The van der Waals surface area contributed by atoms with Crippen LogP contribution >= 0.6 is 22.9 Å². The first-order valence-corrected chi connectivity index (χ1v) is 7.78. The number of likely N-dealkylation sites (tertiary alicyclic amines) is 1. The lowest BCUT2D eigenvalue weighted by atomic mass is 10.3. The number of aryl methyl sites for hydroxylation is 1. The van der Waals surface area contributed by atoms with Crippen molar-refractivity contribution in [3.05, 3.63) is 16.2 Å². The van der Waals surface area contributed by atoms with Crippen molar-refractivity contribution in [3.8, 4) is 0 Å². The highest BCUT2D eigenvalue weighted by atomic mass is 35.5. The van der Waals surface area contributed by atoms with Gasteiger partial charge in [-0.25, -0.2) is 9.97 Å². The molecule has 0 saturated carbocycles. The molecule has 1 aliphatic heterocycles. The maximum absolute atomic E-state index is 12.0. The fourth-order valence-corrected chi connectivity index (χ4v) is 3.49. The number of fused-ring (bicyclic) bond motifs is 1. The van der Waals surface area contributed by atoms with Crippen molar-refractivity contribution in [1.82, 2.24) is 14.9 Å². The average Bonchev–Trinajstić information content (AvgIpc) is 3.03. The van der Waals surface area contributed by atoms with Gasteiger partial charge < -0.3 is 10.2 Å². The second-order valence-corrected chi connectivity index (χ2v) is 6.43. The summed E-state index contributed by atoms with van der Waals surface area (Å²) in [5, 5.41) is 4.22. The van der Waals surface area contributed by atoms with Crippen LogP contribution in [0.1, 0.15) is 17.7 Å². The maximum Gasteiger partial charge on any atom is 0.241 e. The van der Waals surface area contributed by atoms with Crippen molar-refractivity contribution in [2.45, 2.75) is 19.8 Å². The predicted octanol–water partition coefficient (Wildman–Crippen LogP) is 2.69. The summed E-state index contributed by atoms with van der Waals surface area (Å²) in [7, 11) is 0. The highest BCUT2D eigenvalue weighted by Gasteiger charge is 2.18. The second kappa shape index (κ2) is 5.54. The fourth-order valence-electron chi connectivity index (χ4n) is 2.39. The molecule has 0 radical (unpaired) electrons.